The van der Waals surface area contributed by atoms with E-state index in [4.69, 9.17) is 0 Å². The van der Waals surface area contributed by atoms with Crippen LogP contribution < -0.4 is 0 Å². The van der Waals surface area contributed by atoms with Gasteiger partial charge in [0.25, 0.3) is 0 Å². The van der Waals surface area contributed by atoms with Crippen LogP contribution in [0.2, 0.25) is 0 Å². The molecule has 0 N–H and O–H groups in total. The topological polar surface area (TPSA) is 20.3 Å². The first-order valence-electron chi connectivity index (χ1n) is 13.1. The first kappa shape index (κ1) is 30.4. The lowest BCUT2D eigenvalue weighted by atomic mass is 10.0. The molecule has 0 aliphatic rings. The van der Waals surface area contributed by atoms with Crippen molar-refractivity contribution >= 4 is 37.8 Å². The minimum absolute atomic E-state index is 0.384. The minimum Gasteiger partial charge on any atom is -0.343 e. The summed E-state index contributed by atoms with van der Waals surface area (Å²) in [6, 6.07) is 0. The average Bonchev–Trinajstić information content (AvgIpc) is 2.75. The van der Waals surface area contributed by atoms with Crippen LogP contribution in [0.25, 0.3) is 0 Å². The summed E-state index contributed by atoms with van der Waals surface area (Å²) in [6.45, 7) is 8.59. The second-order valence-electron chi connectivity index (χ2n) is 8.98. The molecule has 180 valence electrons. The standard InChI is InChI=1S/C26H51Br2NO/c1-4-7-10-11-13-16-19-24(27)25(28)20-17-14-12-15-18-21-26(30)29(22-8-5-2)23-9-6-3/h24-25H,4-23H2,1-3H3/t24-,25+/m1/s1. The highest BCUT2D eigenvalue weighted by Gasteiger charge is 2.15. The molecule has 0 unspecified atom stereocenters. The molecule has 0 aliphatic carbocycles. The number of rotatable bonds is 22. The van der Waals surface area contributed by atoms with Gasteiger partial charge in [0.2, 0.25) is 5.91 Å². The van der Waals surface area contributed by atoms with Gasteiger partial charge < -0.3 is 4.90 Å². The van der Waals surface area contributed by atoms with Gasteiger partial charge in [-0.25, -0.2) is 0 Å². The van der Waals surface area contributed by atoms with E-state index < -0.39 is 0 Å². The molecule has 0 aromatic heterocycles. The number of halogens is 2. The van der Waals surface area contributed by atoms with Gasteiger partial charge in [-0.15, -0.1) is 0 Å². The summed E-state index contributed by atoms with van der Waals surface area (Å²) in [5.74, 6) is 0.384. The lowest BCUT2D eigenvalue weighted by molar-refractivity contribution is -0.131. The van der Waals surface area contributed by atoms with Gasteiger partial charge in [-0.2, -0.15) is 0 Å². The molecule has 0 spiro atoms. The van der Waals surface area contributed by atoms with Crippen LogP contribution in [0.3, 0.4) is 0 Å². The number of alkyl halides is 2. The van der Waals surface area contributed by atoms with Crippen LogP contribution in [0.4, 0.5) is 0 Å². The Kier molecular flexibility index (Phi) is 22.9. The summed E-state index contributed by atoms with van der Waals surface area (Å²) in [5.41, 5.74) is 0. The van der Waals surface area contributed by atoms with E-state index in [0.29, 0.717) is 15.6 Å². The molecule has 30 heavy (non-hydrogen) atoms. The van der Waals surface area contributed by atoms with Crippen molar-refractivity contribution in [2.24, 2.45) is 0 Å². The maximum atomic E-state index is 12.5. The molecule has 0 radical (unpaired) electrons. The highest BCUT2D eigenvalue weighted by atomic mass is 79.9. The molecule has 2 nitrogen and oxygen atoms in total. The fraction of sp³-hybridized carbons (Fsp3) is 0.962. The van der Waals surface area contributed by atoms with E-state index in [1.165, 1.54) is 89.9 Å². The predicted molar refractivity (Wildman–Crippen MR) is 142 cm³/mol. The molecule has 0 rings (SSSR count). The van der Waals surface area contributed by atoms with Crippen molar-refractivity contribution in [1.29, 1.82) is 0 Å². The third-order valence-corrected chi connectivity index (χ3v) is 8.91. The van der Waals surface area contributed by atoms with Crippen molar-refractivity contribution in [3.63, 3.8) is 0 Å². The van der Waals surface area contributed by atoms with Crippen LogP contribution >= 0.6 is 31.9 Å². The maximum absolute atomic E-state index is 12.5. The Morgan fingerprint density at radius 1 is 0.600 bits per heavy atom. The zero-order valence-corrected chi connectivity index (χ0v) is 23.6. The van der Waals surface area contributed by atoms with Crippen molar-refractivity contribution in [3.8, 4) is 0 Å². The van der Waals surface area contributed by atoms with Crippen molar-refractivity contribution in [3.05, 3.63) is 0 Å². The van der Waals surface area contributed by atoms with Gasteiger partial charge in [-0.3, -0.25) is 4.79 Å². The fourth-order valence-corrected chi connectivity index (χ4v) is 5.02. The average molecular weight is 554 g/mol. The quantitative estimate of drug-likeness (QED) is 0.0966. The van der Waals surface area contributed by atoms with E-state index in [-0.39, 0.29) is 0 Å². The predicted octanol–water partition coefficient (Wildman–Crippen LogP) is 9.42. The molecule has 2 atom stereocenters. The summed E-state index contributed by atoms with van der Waals surface area (Å²) in [5, 5.41) is 0. The normalized spacial score (nSPS) is 13.4. The van der Waals surface area contributed by atoms with Gasteiger partial charge in [0, 0.05) is 29.2 Å². The molecule has 0 aromatic rings. The Morgan fingerprint density at radius 3 is 1.47 bits per heavy atom. The first-order valence-corrected chi connectivity index (χ1v) is 15.0. The van der Waals surface area contributed by atoms with Gasteiger partial charge in [0.15, 0.2) is 0 Å². The van der Waals surface area contributed by atoms with Crippen molar-refractivity contribution in [2.45, 2.75) is 146 Å². The van der Waals surface area contributed by atoms with E-state index in [0.717, 1.165) is 38.8 Å². The van der Waals surface area contributed by atoms with Crippen LogP contribution in [0.1, 0.15) is 136 Å². The van der Waals surface area contributed by atoms with E-state index in [2.05, 4.69) is 57.5 Å². The molecule has 0 heterocycles. The fourth-order valence-electron chi connectivity index (χ4n) is 3.84. The van der Waals surface area contributed by atoms with Gasteiger partial charge in [-0.1, -0.05) is 130 Å². The summed E-state index contributed by atoms with van der Waals surface area (Å²) < 4.78 is 0. The Hall–Kier alpha value is 0.430. The summed E-state index contributed by atoms with van der Waals surface area (Å²) in [6.07, 6.45) is 22.3. The number of unbranched alkanes of at least 4 members (excludes halogenated alkanes) is 11. The lowest BCUT2D eigenvalue weighted by Crippen LogP contribution is -2.32. The Morgan fingerprint density at radius 2 is 1.00 bits per heavy atom. The van der Waals surface area contributed by atoms with Crippen LogP contribution in [-0.2, 0) is 4.79 Å². The third kappa shape index (κ3) is 18.0. The zero-order valence-electron chi connectivity index (χ0n) is 20.4. The van der Waals surface area contributed by atoms with Crippen LogP contribution in [0, 0.1) is 0 Å². The SMILES string of the molecule is CCCCCCCC[C@@H](Br)[C@@H](Br)CCCCCCCC(=O)N(CCCC)CCCC. The van der Waals surface area contributed by atoms with Gasteiger partial charge >= 0.3 is 0 Å². The number of carbonyl (C=O) groups excluding carboxylic acids is 1. The van der Waals surface area contributed by atoms with E-state index in [1.807, 2.05) is 0 Å². The summed E-state index contributed by atoms with van der Waals surface area (Å²) in [7, 11) is 0. The summed E-state index contributed by atoms with van der Waals surface area (Å²) >= 11 is 7.80. The molecule has 1 amide bonds. The van der Waals surface area contributed by atoms with Crippen LogP contribution in [-0.4, -0.2) is 33.6 Å². The van der Waals surface area contributed by atoms with Gasteiger partial charge in [0.1, 0.15) is 0 Å². The van der Waals surface area contributed by atoms with Crippen LogP contribution in [0.15, 0.2) is 0 Å². The molecule has 0 saturated heterocycles. The highest BCUT2D eigenvalue weighted by Crippen LogP contribution is 2.25. The second kappa shape index (κ2) is 22.6. The van der Waals surface area contributed by atoms with Gasteiger partial charge in [-0.05, 0) is 32.1 Å². The molecule has 0 aliphatic heterocycles. The van der Waals surface area contributed by atoms with Crippen molar-refractivity contribution in [1.82, 2.24) is 4.90 Å². The smallest absolute Gasteiger partial charge is 0.222 e. The molecule has 0 saturated carbocycles. The maximum Gasteiger partial charge on any atom is 0.222 e. The number of amides is 1. The lowest BCUT2D eigenvalue weighted by Gasteiger charge is -2.22. The number of nitrogens with zero attached hydrogens (tertiary/aromatic N) is 1. The van der Waals surface area contributed by atoms with Crippen molar-refractivity contribution < 1.29 is 4.79 Å². The Balaban J connectivity index is 3.70. The first-order chi connectivity index (χ1) is 14.6. The Labute approximate surface area is 206 Å². The molecule has 4 heteroatoms. The number of carbonyl (C=O) groups is 1. The van der Waals surface area contributed by atoms with E-state index in [9.17, 15) is 4.79 Å². The number of hydrogen-bond donors (Lipinski definition) is 0. The monoisotopic (exact) mass is 551 g/mol. The molecule has 0 aromatic carbocycles. The molecular weight excluding hydrogens is 502 g/mol. The van der Waals surface area contributed by atoms with Gasteiger partial charge in [0.05, 0.1) is 0 Å². The third-order valence-electron chi connectivity index (χ3n) is 6.01. The molecule has 0 fully saturated rings. The van der Waals surface area contributed by atoms with E-state index >= 15 is 0 Å². The number of hydrogen-bond acceptors (Lipinski definition) is 1. The highest BCUT2D eigenvalue weighted by molar-refractivity contribution is 9.12. The van der Waals surface area contributed by atoms with Crippen molar-refractivity contribution in [2.75, 3.05) is 13.1 Å². The van der Waals surface area contributed by atoms with E-state index in [1.54, 1.807) is 0 Å². The zero-order chi connectivity index (χ0) is 22.5. The molecule has 0 bridgehead atoms. The second-order valence-corrected chi connectivity index (χ2v) is 11.3. The molecular formula is C26H51Br2NO. The van der Waals surface area contributed by atoms with Crippen LogP contribution in [0.5, 0.6) is 0 Å². The minimum atomic E-state index is 0.384. The Bertz CT molecular complexity index is 370. The summed E-state index contributed by atoms with van der Waals surface area (Å²) in [4.78, 5) is 15.8. The largest absolute Gasteiger partial charge is 0.343 e.